The van der Waals surface area contributed by atoms with Gasteiger partial charge in [0.2, 0.25) is 11.8 Å². The van der Waals surface area contributed by atoms with E-state index in [1.165, 1.54) is 9.80 Å². The second kappa shape index (κ2) is 6.16. The fraction of sp³-hybridized carbons (Fsp3) is 0.500. The van der Waals surface area contributed by atoms with Gasteiger partial charge in [0.05, 0.1) is 12.5 Å². The zero-order valence-corrected chi connectivity index (χ0v) is 13.1. The van der Waals surface area contributed by atoms with E-state index >= 15 is 0 Å². The highest BCUT2D eigenvalue weighted by molar-refractivity contribution is 5.90. The second-order valence-corrected chi connectivity index (χ2v) is 5.90. The van der Waals surface area contributed by atoms with Crippen molar-refractivity contribution in [3.05, 3.63) is 29.8 Å². The highest BCUT2D eigenvalue weighted by atomic mass is 16.2. The highest BCUT2D eigenvalue weighted by Gasteiger charge is 2.31. The van der Waals surface area contributed by atoms with Gasteiger partial charge in [0.25, 0.3) is 0 Å². The van der Waals surface area contributed by atoms with Crippen LogP contribution in [0, 0.1) is 0 Å². The molecule has 0 radical (unpaired) electrons. The van der Waals surface area contributed by atoms with Gasteiger partial charge in [-0.15, -0.1) is 0 Å². The Morgan fingerprint density at radius 2 is 1.90 bits per heavy atom. The standard InChI is InChI=1S/C16H23N3O2/c1-11-9-13(12-7-5-6-8-14(12)17-11)16(21)19(4)10-15(20)18(2)3/h5-8,11,13,17H,9-10H2,1-4H3. The van der Waals surface area contributed by atoms with Gasteiger partial charge in [-0.3, -0.25) is 9.59 Å². The second-order valence-electron chi connectivity index (χ2n) is 5.90. The summed E-state index contributed by atoms with van der Waals surface area (Å²) in [6.45, 7) is 2.19. The van der Waals surface area contributed by atoms with Crippen molar-refractivity contribution in [2.45, 2.75) is 25.3 Å². The lowest BCUT2D eigenvalue weighted by molar-refractivity contribution is -0.139. The van der Waals surface area contributed by atoms with Gasteiger partial charge in [-0.25, -0.2) is 0 Å². The molecule has 1 N–H and O–H groups in total. The van der Waals surface area contributed by atoms with Crippen LogP contribution in [0.15, 0.2) is 24.3 Å². The van der Waals surface area contributed by atoms with E-state index in [0.29, 0.717) is 0 Å². The number of carbonyl (C=O) groups is 2. The number of nitrogens with zero attached hydrogens (tertiary/aromatic N) is 2. The number of amides is 2. The number of hydrogen-bond donors (Lipinski definition) is 1. The van der Waals surface area contributed by atoms with Crippen LogP contribution in [0.4, 0.5) is 5.69 Å². The third-order valence-electron chi connectivity index (χ3n) is 3.87. The third kappa shape index (κ3) is 3.35. The Kier molecular flexibility index (Phi) is 4.50. The summed E-state index contributed by atoms with van der Waals surface area (Å²) in [5.41, 5.74) is 2.03. The first-order chi connectivity index (χ1) is 9.90. The molecule has 1 heterocycles. The van der Waals surface area contributed by atoms with Crippen LogP contribution in [-0.4, -0.2) is 55.3 Å². The lowest BCUT2D eigenvalue weighted by Gasteiger charge is -2.33. The zero-order chi connectivity index (χ0) is 15.6. The molecule has 21 heavy (non-hydrogen) atoms. The monoisotopic (exact) mass is 289 g/mol. The van der Waals surface area contributed by atoms with Crippen molar-refractivity contribution >= 4 is 17.5 Å². The van der Waals surface area contributed by atoms with Crippen LogP contribution in [0.3, 0.4) is 0 Å². The molecule has 0 saturated heterocycles. The number of para-hydroxylation sites is 1. The number of likely N-dealkylation sites (N-methyl/N-ethyl adjacent to an activating group) is 2. The first-order valence-corrected chi connectivity index (χ1v) is 7.20. The Bertz CT molecular complexity index is 542. The van der Waals surface area contributed by atoms with Crippen LogP contribution in [0.2, 0.25) is 0 Å². The van der Waals surface area contributed by atoms with Gasteiger partial charge in [-0.2, -0.15) is 0 Å². The van der Waals surface area contributed by atoms with Gasteiger partial charge >= 0.3 is 0 Å². The van der Waals surface area contributed by atoms with Crippen LogP contribution in [0.1, 0.15) is 24.8 Å². The molecule has 2 atom stereocenters. The van der Waals surface area contributed by atoms with E-state index in [1.807, 2.05) is 24.3 Å². The van der Waals surface area contributed by atoms with E-state index in [9.17, 15) is 9.59 Å². The summed E-state index contributed by atoms with van der Waals surface area (Å²) < 4.78 is 0. The number of fused-ring (bicyclic) bond motifs is 1. The van der Waals surface area contributed by atoms with Crippen molar-refractivity contribution in [1.82, 2.24) is 9.80 Å². The lowest BCUT2D eigenvalue weighted by atomic mass is 9.86. The molecule has 1 aromatic carbocycles. The van der Waals surface area contributed by atoms with Crippen molar-refractivity contribution in [3.63, 3.8) is 0 Å². The van der Waals surface area contributed by atoms with Crippen LogP contribution < -0.4 is 5.32 Å². The minimum Gasteiger partial charge on any atom is -0.382 e. The summed E-state index contributed by atoms with van der Waals surface area (Å²) >= 11 is 0. The fourth-order valence-electron chi connectivity index (χ4n) is 2.66. The van der Waals surface area contributed by atoms with E-state index in [4.69, 9.17) is 0 Å². The molecule has 2 unspecified atom stereocenters. The van der Waals surface area contributed by atoms with Crippen LogP contribution in [-0.2, 0) is 9.59 Å². The number of anilines is 1. The summed E-state index contributed by atoms with van der Waals surface area (Å²) in [5, 5.41) is 3.40. The largest absolute Gasteiger partial charge is 0.382 e. The normalized spacial score (nSPS) is 20.2. The summed E-state index contributed by atoms with van der Waals surface area (Å²) in [4.78, 5) is 27.5. The zero-order valence-electron chi connectivity index (χ0n) is 13.1. The molecule has 5 nitrogen and oxygen atoms in total. The lowest BCUT2D eigenvalue weighted by Crippen LogP contribution is -2.42. The molecule has 0 aromatic heterocycles. The number of carbonyl (C=O) groups excluding carboxylic acids is 2. The fourth-order valence-corrected chi connectivity index (χ4v) is 2.66. The van der Waals surface area contributed by atoms with Crippen LogP contribution >= 0.6 is 0 Å². The Morgan fingerprint density at radius 1 is 1.24 bits per heavy atom. The molecule has 2 amide bonds. The molecule has 2 rings (SSSR count). The predicted octanol–water partition coefficient (Wildman–Crippen LogP) is 1.52. The maximum Gasteiger partial charge on any atom is 0.241 e. The van der Waals surface area contributed by atoms with Crippen molar-refractivity contribution in [2.75, 3.05) is 33.0 Å². The molecule has 0 saturated carbocycles. The molecular formula is C16H23N3O2. The molecule has 0 bridgehead atoms. The molecule has 1 aliphatic rings. The summed E-state index contributed by atoms with van der Waals surface area (Å²) in [7, 11) is 5.09. The van der Waals surface area contributed by atoms with E-state index in [1.54, 1.807) is 21.1 Å². The first-order valence-electron chi connectivity index (χ1n) is 7.20. The van der Waals surface area contributed by atoms with Gasteiger partial charge in [-0.05, 0) is 25.0 Å². The van der Waals surface area contributed by atoms with Crippen molar-refractivity contribution in [1.29, 1.82) is 0 Å². The van der Waals surface area contributed by atoms with E-state index in [0.717, 1.165) is 17.7 Å². The topological polar surface area (TPSA) is 52.7 Å². The molecular weight excluding hydrogens is 266 g/mol. The third-order valence-corrected chi connectivity index (χ3v) is 3.87. The maximum absolute atomic E-state index is 12.7. The summed E-state index contributed by atoms with van der Waals surface area (Å²) in [6, 6.07) is 8.13. The quantitative estimate of drug-likeness (QED) is 0.918. The minimum absolute atomic E-state index is 0.00556. The average molecular weight is 289 g/mol. The van der Waals surface area contributed by atoms with Gasteiger partial charge in [0.15, 0.2) is 0 Å². The van der Waals surface area contributed by atoms with Gasteiger partial charge in [0.1, 0.15) is 0 Å². The average Bonchev–Trinajstić information content (AvgIpc) is 2.45. The first kappa shape index (κ1) is 15.4. The Morgan fingerprint density at radius 3 is 2.57 bits per heavy atom. The van der Waals surface area contributed by atoms with Crippen LogP contribution in [0.5, 0.6) is 0 Å². The molecule has 1 aromatic rings. The SMILES string of the molecule is CC1CC(C(=O)N(C)CC(=O)N(C)C)c2ccccc2N1. The Hall–Kier alpha value is -2.04. The van der Waals surface area contributed by atoms with Gasteiger partial charge in [-0.1, -0.05) is 18.2 Å². The van der Waals surface area contributed by atoms with Crippen molar-refractivity contribution in [3.8, 4) is 0 Å². The summed E-state index contributed by atoms with van der Waals surface area (Å²) in [6.07, 6.45) is 0.746. The van der Waals surface area contributed by atoms with Crippen molar-refractivity contribution < 1.29 is 9.59 Å². The van der Waals surface area contributed by atoms with Gasteiger partial charge < -0.3 is 15.1 Å². The maximum atomic E-state index is 12.7. The number of nitrogens with one attached hydrogen (secondary N) is 1. The van der Waals surface area contributed by atoms with E-state index < -0.39 is 0 Å². The molecule has 1 aliphatic heterocycles. The number of benzene rings is 1. The molecule has 0 spiro atoms. The summed E-state index contributed by atoms with van der Waals surface area (Å²) in [5.74, 6) is -0.246. The smallest absolute Gasteiger partial charge is 0.241 e. The number of hydrogen-bond acceptors (Lipinski definition) is 3. The molecule has 0 fully saturated rings. The van der Waals surface area contributed by atoms with Gasteiger partial charge in [0, 0.05) is 32.9 Å². The van der Waals surface area contributed by atoms with Crippen LogP contribution in [0.25, 0.3) is 0 Å². The molecule has 0 aliphatic carbocycles. The Balaban J connectivity index is 2.17. The highest BCUT2D eigenvalue weighted by Crippen LogP contribution is 2.35. The minimum atomic E-state index is -0.183. The predicted molar refractivity (Wildman–Crippen MR) is 83.2 cm³/mol. The Labute approximate surface area is 125 Å². The number of rotatable bonds is 3. The van der Waals surface area contributed by atoms with E-state index in [2.05, 4.69) is 12.2 Å². The van der Waals surface area contributed by atoms with Crippen molar-refractivity contribution in [2.24, 2.45) is 0 Å². The molecule has 5 heteroatoms. The van der Waals surface area contributed by atoms with E-state index in [-0.39, 0.29) is 30.3 Å². The molecule has 114 valence electrons.